The lowest BCUT2D eigenvalue weighted by molar-refractivity contribution is 0.373. The predicted octanol–water partition coefficient (Wildman–Crippen LogP) is 4.94. The van der Waals surface area contributed by atoms with E-state index in [2.05, 4.69) is 24.5 Å². The van der Waals surface area contributed by atoms with Gasteiger partial charge >= 0.3 is 0 Å². The lowest BCUT2D eigenvalue weighted by Gasteiger charge is -2.28. The van der Waals surface area contributed by atoms with Crippen molar-refractivity contribution in [3.05, 3.63) is 46.5 Å². The van der Waals surface area contributed by atoms with Gasteiger partial charge in [0.25, 0.3) is 0 Å². The Morgan fingerprint density at radius 2 is 1.21 bits per heavy atom. The molecule has 2 rings (SSSR count). The number of rotatable bonds is 15. The predicted molar refractivity (Wildman–Crippen MR) is 139 cm³/mol. The van der Waals surface area contributed by atoms with Crippen molar-refractivity contribution in [2.75, 3.05) is 19.6 Å². The molecule has 6 nitrogen and oxygen atoms in total. The van der Waals surface area contributed by atoms with E-state index in [1.807, 2.05) is 26.0 Å². The maximum atomic E-state index is 10.1. The van der Waals surface area contributed by atoms with Crippen LogP contribution in [0.5, 0.6) is 23.0 Å². The van der Waals surface area contributed by atoms with Crippen LogP contribution >= 0.6 is 0 Å². The normalized spacial score (nSPS) is 11.8. The van der Waals surface area contributed by atoms with Gasteiger partial charge in [0.05, 0.1) is 0 Å². The van der Waals surface area contributed by atoms with E-state index in [-0.39, 0.29) is 28.5 Å². The molecule has 0 saturated carbocycles. The lowest BCUT2D eigenvalue weighted by Crippen LogP contribution is -2.42. The van der Waals surface area contributed by atoms with Gasteiger partial charge in [-0.15, -0.1) is 0 Å². The molecule has 0 aliphatic carbocycles. The first-order valence-corrected chi connectivity index (χ1v) is 12.7. The van der Waals surface area contributed by atoms with Gasteiger partial charge in [-0.1, -0.05) is 38.8 Å². The average Bonchev–Trinajstić information content (AvgIpc) is 2.80. The van der Waals surface area contributed by atoms with Crippen molar-refractivity contribution < 1.29 is 20.4 Å². The molecular weight excluding hydrogens is 428 g/mol. The first kappa shape index (κ1) is 27.8. The highest BCUT2D eigenvalue weighted by Gasteiger charge is 2.21. The fourth-order valence-corrected chi connectivity index (χ4v) is 4.56. The molecule has 0 bridgehead atoms. The van der Waals surface area contributed by atoms with Gasteiger partial charge in [-0.25, -0.2) is 0 Å². The van der Waals surface area contributed by atoms with Crippen LogP contribution in [0.4, 0.5) is 0 Å². The quantitative estimate of drug-likeness (QED) is 0.162. The third-order valence-corrected chi connectivity index (χ3v) is 6.51. The Morgan fingerprint density at radius 3 is 1.79 bits per heavy atom. The molecule has 0 aromatic heterocycles. The monoisotopic (exact) mass is 472 g/mol. The first-order chi connectivity index (χ1) is 16.2. The maximum Gasteiger partial charge on any atom is 0.160 e. The molecule has 2 aromatic carbocycles. The summed E-state index contributed by atoms with van der Waals surface area (Å²) in [6, 6.07) is 6.96. The fourth-order valence-electron chi connectivity index (χ4n) is 4.56. The van der Waals surface area contributed by atoms with Crippen molar-refractivity contribution in [3.63, 3.8) is 0 Å². The fraction of sp³-hybridized carbons (Fsp3) is 0.571. The first-order valence-electron chi connectivity index (χ1n) is 12.7. The zero-order chi connectivity index (χ0) is 25.1. The second-order valence-corrected chi connectivity index (χ2v) is 9.75. The number of benzene rings is 2. The van der Waals surface area contributed by atoms with Gasteiger partial charge in [0, 0.05) is 16.7 Å². The van der Waals surface area contributed by atoms with E-state index in [9.17, 15) is 20.4 Å². The molecule has 2 aromatic rings. The number of phenolic OH excluding ortho intramolecular Hbond substituents is 4. The third kappa shape index (κ3) is 8.10. The highest BCUT2D eigenvalue weighted by molar-refractivity contribution is 5.50. The van der Waals surface area contributed by atoms with Crippen LogP contribution in [-0.2, 0) is 25.7 Å². The number of aromatic hydroxyl groups is 4. The Kier molecular flexibility index (Phi) is 11.0. The van der Waals surface area contributed by atoms with Crippen LogP contribution in [0.15, 0.2) is 24.3 Å². The zero-order valence-electron chi connectivity index (χ0n) is 21.4. The molecule has 0 heterocycles. The Morgan fingerprint density at radius 1 is 0.676 bits per heavy atom. The second kappa shape index (κ2) is 13.4. The Bertz CT molecular complexity index is 912. The minimum Gasteiger partial charge on any atom is -0.504 e. The van der Waals surface area contributed by atoms with Crippen molar-refractivity contribution in [2.45, 2.75) is 84.6 Å². The molecule has 0 saturated heterocycles. The molecule has 0 amide bonds. The van der Waals surface area contributed by atoms with Crippen LogP contribution in [0.2, 0.25) is 0 Å². The van der Waals surface area contributed by atoms with E-state index in [0.717, 1.165) is 67.6 Å². The summed E-state index contributed by atoms with van der Waals surface area (Å²) >= 11 is 0. The summed E-state index contributed by atoms with van der Waals surface area (Å²) in [5.74, 6) is -0.0664. The topological polar surface area (TPSA) is 105 Å². The Balaban J connectivity index is 1.60. The van der Waals surface area contributed by atoms with Gasteiger partial charge in [0.1, 0.15) is 0 Å². The van der Waals surface area contributed by atoms with Crippen LogP contribution in [0.1, 0.15) is 75.6 Å². The molecule has 0 spiro atoms. The van der Waals surface area contributed by atoms with Gasteiger partial charge in [0.15, 0.2) is 23.0 Å². The largest absolute Gasteiger partial charge is 0.504 e. The molecule has 0 radical (unpaired) electrons. The van der Waals surface area contributed by atoms with Gasteiger partial charge in [0.2, 0.25) is 0 Å². The molecule has 190 valence electrons. The van der Waals surface area contributed by atoms with Gasteiger partial charge in [-0.2, -0.15) is 0 Å². The summed E-state index contributed by atoms with van der Waals surface area (Å²) in [7, 11) is 0. The summed E-state index contributed by atoms with van der Waals surface area (Å²) in [6.07, 6.45) is 7.66. The standard InChI is InChI=1S/C28H44N2O4/c1-5-22-20(11-13-24(31)26(22)33)15-18-29-16-9-7-8-10-17-30-28(3,4)19-21-12-14-25(32)27(34)23(21)6-2/h11-14,29-34H,5-10,15-19H2,1-4H3. The van der Waals surface area contributed by atoms with Crippen molar-refractivity contribution in [2.24, 2.45) is 0 Å². The Labute approximate surface area is 205 Å². The molecule has 34 heavy (non-hydrogen) atoms. The molecule has 0 aliphatic rings. The highest BCUT2D eigenvalue weighted by atomic mass is 16.3. The van der Waals surface area contributed by atoms with E-state index in [1.165, 1.54) is 12.8 Å². The maximum absolute atomic E-state index is 10.1. The van der Waals surface area contributed by atoms with Crippen LogP contribution < -0.4 is 10.6 Å². The summed E-state index contributed by atoms with van der Waals surface area (Å²) in [6.45, 7) is 11.1. The highest BCUT2D eigenvalue weighted by Crippen LogP contribution is 2.33. The number of hydrogen-bond donors (Lipinski definition) is 6. The molecule has 0 aliphatic heterocycles. The van der Waals surface area contributed by atoms with Gasteiger partial charge in [-0.3, -0.25) is 0 Å². The van der Waals surface area contributed by atoms with E-state index >= 15 is 0 Å². The van der Waals surface area contributed by atoms with Crippen molar-refractivity contribution in [3.8, 4) is 23.0 Å². The lowest BCUT2D eigenvalue weighted by atomic mass is 9.90. The van der Waals surface area contributed by atoms with Crippen LogP contribution in [0.3, 0.4) is 0 Å². The summed E-state index contributed by atoms with van der Waals surface area (Å²) in [4.78, 5) is 0. The minimum atomic E-state index is -0.0884. The van der Waals surface area contributed by atoms with E-state index in [1.54, 1.807) is 12.1 Å². The number of unbranched alkanes of at least 4 members (excludes halogenated alkanes) is 3. The van der Waals surface area contributed by atoms with Gasteiger partial charge in [-0.05, 0) is 95.3 Å². The molecule has 0 fully saturated rings. The number of nitrogens with one attached hydrogen (secondary N) is 2. The number of hydrogen-bond acceptors (Lipinski definition) is 6. The zero-order valence-corrected chi connectivity index (χ0v) is 21.4. The molecule has 6 heteroatoms. The molecule has 0 unspecified atom stereocenters. The van der Waals surface area contributed by atoms with Crippen LogP contribution in [0, 0.1) is 0 Å². The minimum absolute atomic E-state index is 0.0106. The average molecular weight is 473 g/mol. The summed E-state index contributed by atoms with van der Waals surface area (Å²) < 4.78 is 0. The third-order valence-electron chi connectivity index (χ3n) is 6.51. The Hall–Kier alpha value is -2.44. The molecule has 0 atom stereocenters. The van der Waals surface area contributed by atoms with E-state index in [0.29, 0.717) is 12.8 Å². The van der Waals surface area contributed by atoms with Crippen LogP contribution in [0.25, 0.3) is 0 Å². The van der Waals surface area contributed by atoms with Crippen LogP contribution in [-0.4, -0.2) is 45.6 Å². The number of phenols is 4. The van der Waals surface area contributed by atoms with Crippen molar-refractivity contribution >= 4 is 0 Å². The van der Waals surface area contributed by atoms with Crippen molar-refractivity contribution in [1.29, 1.82) is 0 Å². The van der Waals surface area contributed by atoms with Crippen molar-refractivity contribution in [1.82, 2.24) is 10.6 Å². The summed E-state index contributed by atoms with van der Waals surface area (Å²) in [5.41, 5.74) is 3.75. The second-order valence-electron chi connectivity index (χ2n) is 9.75. The summed E-state index contributed by atoms with van der Waals surface area (Å²) in [5, 5.41) is 46.7. The molecule has 6 N–H and O–H groups in total. The van der Waals surface area contributed by atoms with E-state index in [4.69, 9.17) is 0 Å². The SMILES string of the molecule is CCc1c(CCNCCCCCCNC(C)(C)Cc2ccc(O)c(O)c2CC)ccc(O)c1O. The smallest absolute Gasteiger partial charge is 0.160 e. The molecular formula is C28H44N2O4. The van der Waals surface area contributed by atoms with Gasteiger partial charge < -0.3 is 31.1 Å². The van der Waals surface area contributed by atoms with E-state index < -0.39 is 0 Å².